The summed E-state index contributed by atoms with van der Waals surface area (Å²) in [6.07, 6.45) is -3.54. The molecule has 2 N–H and O–H groups in total. The number of thioether (sulfide) groups is 1. The molecule has 0 saturated heterocycles. The third-order valence-electron chi connectivity index (χ3n) is 3.84. The van der Waals surface area contributed by atoms with Crippen molar-refractivity contribution in [2.45, 2.75) is 50.3 Å². The molecule has 1 aromatic carbocycles. The second-order valence-electron chi connectivity index (χ2n) is 5.62. The van der Waals surface area contributed by atoms with E-state index in [1.807, 2.05) is 18.2 Å². The van der Waals surface area contributed by atoms with Gasteiger partial charge in [-0.2, -0.15) is 13.2 Å². The molecule has 3 nitrogen and oxygen atoms in total. The number of hydrogen-bond donors (Lipinski definition) is 2. The van der Waals surface area contributed by atoms with E-state index >= 15 is 0 Å². The number of nitrogens with one attached hydrogen (secondary N) is 1. The molecule has 0 aliphatic carbocycles. The zero-order valence-electron chi connectivity index (χ0n) is 13.9. The fraction of sp³-hybridized carbons (Fsp3) is 0.588. The van der Waals surface area contributed by atoms with Crippen molar-refractivity contribution in [3.8, 4) is 0 Å². The molecule has 0 bridgehead atoms. The second-order valence-corrected chi connectivity index (χ2v) is 6.72. The summed E-state index contributed by atoms with van der Waals surface area (Å²) in [6.45, 7) is 4.08. The van der Waals surface area contributed by atoms with Crippen molar-refractivity contribution >= 4 is 17.7 Å². The quantitative estimate of drug-likeness (QED) is 0.643. The first-order chi connectivity index (χ1) is 11.3. The van der Waals surface area contributed by atoms with Gasteiger partial charge in [0, 0.05) is 17.2 Å². The first-order valence-electron chi connectivity index (χ1n) is 8.03. The number of aliphatic hydroxyl groups is 1. The maximum absolute atomic E-state index is 12.1. The van der Waals surface area contributed by atoms with Gasteiger partial charge in [-0.15, -0.1) is 11.8 Å². The first kappa shape index (κ1) is 20.8. The van der Waals surface area contributed by atoms with Crippen LogP contribution in [-0.4, -0.2) is 29.5 Å². The molecule has 0 saturated carbocycles. The largest absolute Gasteiger partial charge is 0.471 e. The van der Waals surface area contributed by atoms with Crippen LogP contribution in [-0.2, 0) is 4.79 Å². The Bertz CT molecular complexity index is 519. The molecule has 1 rings (SSSR count). The van der Waals surface area contributed by atoms with Gasteiger partial charge in [-0.1, -0.05) is 38.8 Å². The van der Waals surface area contributed by atoms with E-state index in [0.717, 1.165) is 23.5 Å². The van der Waals surface area contributed by atoms with Crippen LogP contribution in [0.25, 0.3) is 0 Å². The molecule has 0 heterocycles. The smallest absolute Gasteiger partial charge is 0.388 e. The molecule has 24 heavy (non-hydrogen) atoms. The fourth-order valence-electron chi connectivity index (χ4n) is 2.14. The molecule has 1 atom stereocenters. The van der Waals surface area contributed by atoms with Gasteiger partial charge in [0.15, 0.2) is 0 Å². The van der Waals surface area contributed by atoms with Gasteiger partial charge in [0.05, 0.1) is 6.10 Å². The van der Waals surface area contributed by atoms with E-state index in [9.17, 15) is 23.1 Å². The molecule has 0 fully saturated rings. The minimum absolute atomic E-state index is 0.0302. The van der Waals surface area contributed by atoms with Crippen molar-refractivity contribution in [2.75, 3.05) is 12.3 Å². The van der Waals surface area contributed by atoms with E-state index in [4.69, 9.17) is 0 Å². The van der Waals surface area contributed by atoms with E-state index in [1.54, 1.807) is 23.1 Å². The van der Waals surface area contributed by atoms with E-state index in [2.05, 4.69) is 13.8 Å². The van der Waals surface area contributed by atoms with Crippen molar-refractivity contribution in [1.82, 2.24) is 5.32 Å². The standard InChI is InChI=1S/C17H24F3NO2S/c1-3-12(4-2)11-24-14-7-5-6-13(10-14)15(22)8-9-21-16(23)17(18,19)20/h5-7,10,12,15,22H,3-4,8-9,11H2,1-2H3,(H,21,23). The zero-order valence-corrected chi connectivity index (χ0v) is 14.7. The Morgan fingerprint density at radius 3 is 2.54 bits per heavy atom. The minimum atomic E-state index is -4.89. The van der Waals surface area contributed by atoms with Crippen molar-refractivity contribution < 1.29 is 23.1 Å². The molecular formula is C17H24F3NO2S. The van der Waals surface area contributed by atoms with Crippen LogP contribution in [0.4, 0.5) is 13.2 Å². The highest BCUT2D eigenvalue weighted by molar-refractivity contribution is 7.99. The van der Waals surface area contributed by atoms with E-state index in [1.165, 1.54) is 0 Å². The molecule has 0 aliphatic rings. The highest BCUT2D eigenvalue weighted by atomic mass is 32.2. The maximum Gasteiger partial charge on any atom is 0.471 e. The number of carbonyl (C=O) groups is 1. The Morgan fingerprint density at radius 1 is 1.29 bits per heavy atom. The zero-order chi connectivity index (χ0) is 18.2. The predicted octanol–water partition coefficient (Wildman–Crippen LogP) is 4.32. The maximum atomic E-state index is 12.1. The van der Waals surface area contributed by atoms with E-state index in [0.29, 0.717) is 11.5 Å². The molecule has 1 unspecified atom stereocenters. The Labute approximate surface area is 145 Å². The Hall–Kier alpha value is -1.21. The second kappa shape index (κ2) is 9.93. The van der Waals surface area contributed by atoms with Crippen LogP contribution in [0.3, 0.4) is 0 Å². The fourth-order valence-corrected chi connectivity index (χ4v) is 3.43. The summed E-state index contributed by atoms with van der Waals surface area (Å²) in [4.78, 5) is 11.7. The first-order valence-corrected chi connectivity index (χ1v) is 9.02. The number of amides is 1. The van der Waals surface area contributed by atoms with Gasteiger partial charge >= 0.3 is 12.1 Å². The van der Waals surface area contributed by atoms with Gasteiger partial charge in [-0.05, 0) is 30.0 Å². The lowest BCUT2D eigenvalue weighted by molar-refractivity contribution is -0.173. The molecule has 1 amide bonds. The average Bonchev–Trinajstić information content (AvgIpc) is 2.55. The van der Waals surface area contributed by atoms with E-state index < -0.39 is 18.2 Å². The van der Waals surface area contributed by atoms with Crippen molar-refractivity contribution in [3.63, 3.8) is 0 Å². The van der Waals surface area contributed by atoms with Gasteiger partial charge in [-0.3, -0.25) is 4.79 Å². The number of rotatable bonds is 9. The van der Waals surface area contributed by atoms with Crippen LogP contribution in [0.5, 0.6) is 0 Å². The lowest BCUT2D eigenvalue weighted by Crippen LogP contribution is -2.37. The van der Waals surface area contributed by atoms with Gasteiger partial charge in [0.25, 0.3) is 0 Å². The van der Waals surface area contributed by atoms with Gasteiger partial charge < -0.3 is 10.4 Å². The molecule has 0 radical (unpaired) electrons. The third kappa shape index (κ3) is 7.13. The molecule has 1 aromatic rings. The topological polar surface area (TPSA) is 49.3 Å². The monoisotopic (exact) mass is 363 g/mol. The summed E-state index contributed by atoms with van der Waals surface area (Å²) in [5, 5.41) is 11.9. The highest BCUT2D eigenvalue weighted by Gasteiger charge is 2.38. The molecule has 0 aliphatic heterocycles. The normalized spacial score (nSPS) is 13.1. The van der Waals surface area contributed by atoms with Crippen molar-refractivity contribution in [3.05, 3.63) is 29.8 Å². The molecule has 0 spiro atoms. The number of hydrogen-bond acceptors (Lipinski definition) is 3. The number of aliphatic hydroxyl groups excluding tert-OH is 1. The van der Waals surface area contributed by atoms with E-state index in [-0.39, 0.29) is 13.0 Å². The molecule has 136 valence electrons. The molecule has 0 aromatic heterocycles. The SMILES string of the molecule is CCC(CC)CSc1cccc(C(O)CCNC(=O)C(F)(F)F)c1. The van der Waals surface area contributed by atoms with Crippen LogP contribution in [0.15, 0.2) is 29.2 Å². The van der Waals surface area contributed by atoms with Crippen molar-refractivity contribution in [2.24, 2.45) is 5.92 Å². The van der Waals surface area contributed by atoms with Gasteiger partial charge in [0.1, 0.15) is 0 Å². The summed E-state index contributed by atoms with van der Waals surface area (Å²) in [5.41, 5.74) is 0.644. The summed E-state index contributed by atoms with van der Waals surface area (Å²) >= 11 is 1.71. The lowest BCUT2D eigenvalue weighted by atomic mass is 10.1. The number of carbonyl (C=O) groups excluding carboxylic acids is 1. The van der Waals surface area contributed by atoms with Gasteiger partial charge in [-0.25, -0.2) is 0 Å². The summed E-state index contributed by atoms with van der Waals surface area (Å²) in [6, 6.07) is 7.36. The summed E-state index contributed by atoms with van der Waals surface area (Å²) < 4.78 is 36.2. The Morgan fingerprint density at radius 2 is 1.96 bits per heavy atom. The lowest BCUT2D eigenvalue weighted by Gasteiger charge is -2.15. The molecule has 7 heteroatoms. The highest BCUT2D eigenvalue weighted by Crippen LogP contribution is 2.27. The third-order valence-corrected chi connectivity index (χ3v) is 5.07. The minimum Gasteiger partial charge on any atom is -0.388 e. The average molecular weight is 363 g/mol. The van der Waals surface area contributed by atoms with Crippen LogP contribution >= 0.6 is 11.8 Å². The summed E-state index contributed by atoms with van der Waals surface area (Å²) in [7, 11) is 0. The van der Waals surface area contributed by atoms with Crippen LogP contribution < -0.4 is 5.32 Å². The van der Waals surface area contributed by atoms with Crippen LogP contribution in [0.1, 0.15) is 44.8 Å². The predicted molar refractivity (Wildman–Crippen MR) is 89.9 cm³/mol. The van der Waals surface area contributed by atoms with Gasteiger partial charge in [0.2, 0.25) is 0 Å². The summed E-state index contributed by atoms with van der Waals surface area (Å²) in [5.74, 6) is -0.348. The Kier molecular flexibility index (Phi) is 8.62. The Balaban J connectivity index is 2.51. The van der Waals surface area contributed by atoms with Crippen LogP contribution in [0.2, 0.25) is 0 Å². The number of alkyl halides is 3. The molecular weight excluding hydrogens is 339 g/mol. The van der Waals surface area contributed by atoms with Crippen molar-refractivity contribution in [1.29, 1.82) is 0 Å². The van der Waals surface area contributed by atoms with Crippen LogP contribution in [0, 0.1) is 5.92 Å². The number of halogens is 3. The number of benzene rings is 1.